The Morgan fingerprint density at radius 3 is 2.48 bits per heavy atom. The predicted octanol–water partition coefficient (Wildman–Crippen LogP) is 3.45. The third-order valence-electron chi connectivity index (χ3n) is 9.31. The van der Waals surface area contributed by atoms with E-state index in [1.807, 2.05) is 35.2 Å². The molecule has 1 spiro atoms. The van der Waals surface area contributed by atoms with Crippen LogP contribution in [-0.4, -0.2) is 85.3 Å². The number of aliphatic hydroxyl groups excluding tert-OH is 1. The minimum atomic E-state index is -0.634. The maximum atomic E-state index is 13.6. The average Bonchev–Trinajstić information content (AvgIpc) is 3.10. The Hall–Kier alpha value is -2.94. The first-order valence-corrected chi connectivity index (χ1v) is 14.8. The van der Waals surface area contributed by atoms with Crippen molar-refractivity contribution in [3.05, 3.63) is 64.7 Å². The summed E-state index contributed by atoms with van der Waals surface area (Å²) in [6, 6.07) is 13.5. The summed E-state index contributed by atoms with van der Waals surface area (Å²) in [5, 5.41) is 10.9. The molecule has 0 aromatic heterocycles. The van der Waals surface area contributed by atoms with Crippen LogP contribution in [0.25, 0.3) is 0 Å². The van der Waals surface area contributed by atoms with Gasteiger partial charge in [-0.25, -0.2) is 0 Å². The quantitative estimate of drug-likeness (QED) is 0.498. The lowest BCUT2D eigenvalue weighted by atomic mass is 9.68. The number of nitrogens with zero attached hydrogens (tertiary/aromatic N) is 3. The normalized spacial score (nSPS) is 19.8. The smallest absolute Gasteiger partial charge is 0.256 e. The molecule has 2 fully saturated rings. The van der Waals surface area contributed by atoms with Crippen molar-refractivity contribution < 1.29 is 19.4 Å². The van der Waals surface area contributed by atoms with Crippen LogP contribution in [0.15, 0.2) is 42.5 Å². The van der Waals surface area contributed by atoms with E-state index in [4.69, 9.17) is 10.5 Å². The fraction of sp³-hybridized carbons (Fsp3) is 0.562. The fourth-order valence-corrected chi connectivity index (χ4v) is 6.76. The number of benzene rings is 2. The second-order valence-electron chi connectivity index (χ2n) is 11.8. The molecular formula is C32H44N4O4. The number of rotatable bonds is 9. The summed E-state index contributed by atoms with van der Waals surface area (Å²) < 4.78 is 5.52. The molecule has 5 rings (SSSR count). The lowest BCUT2D eigenvalue weighted by Crippen LogP contribution is -2.59. The average molecular weight is 549 g/mol. The Kier molecular flexibility index (Phi) is 8.78. The van der Waals surface area contributed by atoms with Crippen molar-refractivity contribution in [3.8, 4) is 0 Å². The summed E-state index contributed by atoms with van der Waals surface area (Å²) in [6.45, 7) is 6.34. The van der Waals surface area contributed by atoms with E-state index in [1.54, 1.807) is 24.1 Å². The number of aliphatic hydroxyl groups is 1. The van der Waals surface area contributed by atoms with E-state index in [0.717, 1.165) is 62.1 Å². The zero-order chi connectivity index (χ0) is 28.3. The van der Waals surface area contributed by atoms with Crippen molar-refractivity contribution in [1.82, 2.24) is 9.80 Å². The van der Waals surface area contributed by atoms with Gasteiger partial charge in [0, 0.05) is 63.9 Å². The molecular weight excluding hydrogens is 504 g/mol. The molecule has 216 valence electrons. The van der Waals surface area contributed by atoms with E-state index in [-0.39, 0.29) is 23.8 Å². The van der Waals surface area contributed by atoms with Gasteiger partial charge in [-0.3, -0.25) is 9.59 Å². The monoisotopic (exact) mass is 548 g/mol. The van der Waals surface area contributed by atoms with Crippen LogP contribution in [0.2, 0.25) is 0 Å². The highest BCUT2D eigenvalue weighted by Gasteiger charge is 2.47. The summed E-state index contributed by atoms with van der Waals surface area (Å²) in [6.07, 6.45) is 5.34. The van der Waals surface area contributed by atoms with Gasteiger partial charge in [-0.15, -0.1) is 0 Å². The zero-order valence-corrected chi connectivity index (χ0v) is 24.0. The highest BCUT2D eigenvalue weighted by molar-refractivity contribution is 6.03. The standard InChI is InChI=1S/C32H44N4O4/c1-3-34-16-17-35(20-26(37)10-8-23-6-4-5-7-25(23)19-33)31(39)28-11-9-24(18-29(28)34)30(38)36-21-32(22-36)14-12-27(40-2)13-15-32/h4-7,9,11,18,26-27,37H,3,8,10,12-17,19-22,33H2,1-2H3. The van der Waals surface area contributed by atoms with Gasteiger partial charge in [-0.2, -0.15) is 0 Å². The second-order valence-corrected chi connectivity index (χ2v) is 11.8. The number of likely N-dealkylation sites (tertiary alicyclic amines) is 1. The molecule has 2 amide bonds. The molecule has 2 aliphatic heterocycles. The number of methoxy groups -OCH3 is 1. The van der Waals surface area contributed by atoms with Gasteiger partial charge in [-0.05, 0) is 74.8 Å². The molecule has 2 aromatic carbocycles. The molecule has 1 atom stereocenters. The van der Waals surface area contributed by atoms with Gasteiger partial charge in [0.15, 0.2) is 0 Å². The Morgan fingerprint density at radius 1 is 1.10 bits per heavy atom. The number of aryl methyl sites for hydroxylation is 1. The van der Waals surface area contributed by atoms with Crippen LogP contribution in [-0.2, 0) is 17.7 Å². The Morgan fingerprint density at radius 2 is 1.80 bits per heavy atom. The highest BCUT2D eigenvalue weighted by Crippen LogP contribution is 2.45. The number of likely N-dealkylation sites (N-methyl/N-ethyl adjacent to an activating group) is 1. The Bertz CT molecular complexity index is 1200. The maximum absolute atomic E-state index is 13.6. The topological polar surface area (TPSA) is 99.3 Å². The first-order valence-electron chi connectivity index (χ1n) is 14.8. The van der Waals surface area contributed by atoms with Crippen LogP contribution >= 0.6 is 0 Å². The van der Waals surface area contributed by atoms with Crippen molar-refractivity contribution in [3.63, 3.8) is 0 Å². The van der Waals surface area contributed by atoms with Crippen LogP contribution in [0.5, 0.6) is 0 Å². The molecule has 40 heavy (non-hydrogen) atoms. The fourth-order valence-electron chi connectivity index (χ4n) is 6.76. The second kappa shape index (κ2) is 12.3. The summed E-state index contributed by atoms with van der Waals surface area (Å²) in [5.74, 6) is -0.0516. The predicted molar refractivity (Wildman–Crippen MR) is 156 cm³/mol. The van der Waals surface area contributed by atoms with E-state index in [1.165, 1.54) is 0 Å². The molecule has 8 heteroatoms. The third kappa shape index (κ3) is 5.90. The lowest BCUT2D eigenvalue weighted by molar-refractivity contribution is -0.0486. The van der Waals surface area contributed by atoms with Crippen LogP contribution in [0.3, 0.4) is 0 Å². The Balaban J connectivity index is 1.23. The van der Waals surface area contributed by atoms with Crippen LogP contribution < -0.4 is 10.6 Å². The van der Waals surface area contributed by atoms with Gasteiger partial charge >= 0.3 is 0 Å². The summed E-state index contributed by atoms with van der Waals surface area (Å²) in [7, 11) is 1.79. The molecule has 0 radical (unpaired) electrons. The minimum Gasteiger partial charge on any atom is -0.391 e. The largest absolute Gasteiger partial charge is 0.391 e. The molecule has 1 saturated carbocycles. The molecule has 8 nitrogen and oxygen atoms in total. The molecule has 3 N–H and O–H groups in total. The first-order chi connectivity index (χ1) is 19.4. The van der Waals surface area contributed by atoms with Gasteiger partial charge in [0.25, 0.3) is 11.8 Å². The minimum absolute atomic E-state index is 0.0417. The molecule has 1 unspecified atom stereocenters. The SMILES string of the molecule is CCN1CCN(CC(O)CCc2ccccc2CN)C(=O)c2ccc(C(=O)N3CC4(CCC(OC)CC4)C3)cc21. The van der Waals surface area contributed by atoms with Gasteiger partial charge in [0.2, 0.25) is 0 Å². The molecule has 3 aliphatic rings. The van der Waals surface area contributed by atoms with Crippen molar-refractivity contribution in [2.24, 2.45) is 11.1 Å². The van der Waals surface area contributed by atoms with Gasteiger partial charge in [0.05, 0.1) is 23.5 Å². The number of hydrogen-bond donors (Lipinski definition) is 2. The van der Waals surface area contributed by atoms with Crippen molar-refractivity contribution in [1.29, 1.82) is 0 Å². The van der Waals surface area contributed by atoms with E-state index in [2.05, 4.69) is 11.8 Å². The van der Waals surface area contributed by atoms with Crippen LogP contribution in [0.4, 0.5) is 5.69 Å². The number of hydrogen-bond acceptors (Lipinski definition) is 6. The van der Waals surface area contributed by atoms with Crippen LogP contribution in [0.1, 0.15) is 70.9 Å². The number of β-amino-alcohol motifs (C(OH)–C–C–N with tert-alkyl or cyclic N) is 1. The van der Waals surface area contributed by atoms with Crippen LogP contribution in [0, 0.1) is 5.41 Å². The number of anilines is 1. The molecule has 0 bridgehead atoms. The highest BCUT2D eigenvalue weighted by atomic mass is 16.5. The number of carbonyl (C=O) groups excluding carboxylic acids is 2. The van der Waals surface area contributed by atoms with E-state index >= 15 is 0 Å². The number of carbonyl (C=O) groups is 2. The van der Waals surface area contributed by atoms with Crippen molar-refractivity contribution >= 4 is 17.5 Å². The van der Waals surface area contributed by atoms with E-state index in [9.17, 15) is 14.7 Å². The van der Waals surface area contributed by atoms with Gasteiger partial charge in [0.1, 0.15) is 0 Å². The zero-order valence-electron chi connectivity index (χ0n) is 24.0. The van der Waals surface area contributed by atoms with Gasteiger partial charge < -0.3 is 30.3 Å². The lowest BCUT2D eigenvalue weighted by Gasteiger charge is -2.53. The van der Waals surface area contributed by atoms with Gasteiger partial charge in [-0.1, -0.05) is 24.3 Å². The number of nitrogens with two attached hydrogens (primary N) is 1. The molecule has 2 heterocycles. The van der Waals surface area contributed by atoms with Crippen molar-refractivity contribution in [2.45, 2.75) is 64.2 Å². The third-order valence-corrected chi connectivity index (χ3v) is 9.31. The molecule has 1 aliphatic carbocycles. The summed E-state index contributed by atoms with van der Waals surface area (Å²) >= 11 is 0. The molecule has 2 aromatic rings. The number of fused-ring (bicyclic) bond motifs is 1. The number of amides is 2. The first kappa shape index (κ1) is 28.6. The Labute approximate surface area is 238 Å². The maximum Gasteiger partial charge on any atom is 0.256 e. The number of ether oxygens (including phenoxy) is 1. The summed E-state index contributed by atoms with van der Waals surface area (Å²) in [4.78, 5) is 32.9. The van der Waals surface area contributed by atoms with E-state index < -0.39 is 6.10 Å². The van der Waals surface area contributed by atoms with E-state index in [0.29, 0.717) is 49.7 Å². The van der Waals surface area contributed by atoms with Crippen molar-refractivity contribution in [2.75, 3.05) is 51.3 Å². The summed E-state index contributed by atoms with van der Waals surface area (Å²) in [5.41, 5.74) is 10.4. The molecule has 1 saturated heterocycles.